The molecule has 28 heavy (non-hydrogen) atoms. The first-order valence-corrected chi connectivity index (χ1v) is 9.09. The van der Waals surface area contributed by atoms with Crippen molar-refractivity contribution in [1.29, 1.82) is 0 Å². The number of nitrogens with zero attached hydrogens (tertiary/aromatic N) is 2. The molecule has 0 unspecified atom stereocenters. The molecule has 3 heterocycles. The van der Waals surface area contributed by atoms with E-state index in [4.69, 9.17) is 0 Å². The van der Waals surface area contributed by atoms with Gasteiger partial charge in [0.15, 0.2) is 5.65 Å². The summed E-state index contributed by atoms with van der Waals surface area (Å²) in [5.74, 6) is 0.165. The molecule has 0 radical (unpaired) electrons. The van der Waals surface area contributed by atoms with E-state index in [0.717, 1.165) is 13.1 Å². The second-order valence-corrected chi connectivity index (χ2v) is 7.09. The highest BCUT2D eigenvalue weighted by Gasteiger charge is 2.22. The average molecular weight is 432 g/mol. The van der Waals surface area contributed by atoms with E-state index in [1.54, 1.807) is 6.07 Å². The SMILES string of the molecule is CCCn1c(=O)[nH]c(=O)c2c(C(=O)NCC3CNC3)cc(C(C)C)nc21.Cl.Cl. The van der Waals surface area contributed by atoms with Crippen LogP contribution in [0.4, 0.5) is 0 Å². The van der Waals surface area contributed by atoms with Crippen molar-refractivity contribution in [3.63, 3.8) is 0 Å². The van der Waals surface area contributed by atoms with Gasteiger partial charge in [-0.3, -0.25) is 19.1 Å². The zero-order chi connectivity index (χ0) is 18.8. The summed E-state index contributed by atoms with van der Waals surface area (Å²) in [6, 6.07) is 1.66. The minimum Gasteiger partial charge on any atom is -0.352 e. The zero-order valence-electron chi connectivity index (χ0n) is 16.2. The number of amides is 1. The Bertz CT molecular complexity index is 951. The molecular weight excluding hydrogens is 405 g/mol. The van der Waals surface area contributed by atoms with Crippen LogP contribution in [0.2, 0.25) is 0 Å². The number of carbonyl (C=O) groups excluding carboxylic acids is 1. The summed E-state index contributed by atoms with van der Waals surface area (Å²) in [6.07, 6.45) is 0.713. The highest BCUT2D eigenvalue weighted by Crippen LogP contribution is 2.20. The van der Waals surface area contributed by atoms with Crippen LogP contribution in [0.5, 0.6) is 0 Å². The molecule has 10 heteroatoms. The quantitative estimate of drug-likeness (QED) is 0.640. The molecule has 0 aromatic carbocycles. The Hall–Kier alpha value is -1.90. The van der Waals surface area contributed by atoms with Gasteiger partial charge < -0.3 is 10.6 Å². The van der Waals surface area contributed by atoms with Crippen molar-refractivity contribution in [2.24, 2.45) is 5.92 Å². The molecule has 0 bridgehead atoms. The number of nitrogens with one attached hydrogen (secondary N) is 3. The van der Waals surface area contributed by atoms with Gasteiger partial charge in [-0.25, -0.2) is 9.78 Å². The van der Waals surface area contributed by atoms with Crippen LogP contribution in [0.1, 0.15) is 49.2 Å². The fraction of sp³-hybridized carbons (Fsp3) is 0.556. The number of fused-ring (bicyclic) bond motifs is 1. The number of aromatic amines is 1. The van der Waals surface area contributed by atoms with Gasteiger partial charge in [-0.15, -0.1) is 24.8 Å². The summed E-state index contributed by atoms with van der Waals surface area (Å²) < 4.78 is 1.44. The number of pyridine rings is 1. The molecule has 3 N–H and O–H groups in total. The van der Waals surface area contributed by atoms with E-state index in [0.29, 0.717) is 31.1 Å². The molecule has 3 rings (SSSR count). The Kier molecular flexibility index (Phi) is 8.66. The third-order valence-electron chi connectivity index (χ3n) is 4.67. The molecule has 0 atom stereocenters. The summed E-state index contributed by atoms with van der Waals surface area (Å²) in [4.78, 5) is 44.3. The molecule has 8 nitrogen and oxygen atoms in total. The van der Waals surface area contributed by atoms with E-state index in [1.165, 1.54) is 4.57 Å². The summed E-state index contributed by atoms with van der Waals surface area (Å²) in [5, 5.41) is 6.24. The van der Waals surface area contributed by atoms with Crippen molar-refractivity contribution in [3.8, 4) is 0 Å². The van der Waals surface area contributed by atoms with Crippen LogP contribution in [0.25, 0.3) is 11.0 Å². The van der Waals surface area contributed by atoms with Crippen molar-refractivity contribution in [2.75, 3.05) is 19.6 Å². The number of H-pyrrole nitrogens is 1. The summed E-state index contributed by atoms with van der Waals surface area (Å²) in [6.45, 7) is 8.61. The summed E-state index contributed by atoms with van der Waals surface area (Å²) in [7, 11) is 0. The first-order chi connectivity index (χ1) is 12.4. The second-order valence-electron chi connectivity index (χ2n) is 7.09. The molecule has 1 fully saturated rings. The molecule has 1 aliphatic heterocycles. The van der Waals surface area contributed by atoms with E-state index >= 15 is 0 Å². The fourth-order valence-electron chi connectivity index (χ4n) is 3.02. The van der Waals surface area contributed by atoms with Gasteiger partial charge in [0.25, 0.3) is 11.5 Å². The van der Waals surface area contributed by atoms with Gasteiger partial charge in [0, 0.05) is 37.8 Å². The molecule has 2 aromatic heterocycles. The summed E-state index contributed by atoms with van der Waals surface area (Å²) in [5.41, 5.74) is 0.169. The van der Waals surface area contributed by atoms with Crippen LogP contribution < -0.4 is 21.9 Å². The topological polar surface area (TPSA) is 109 Å². The minimum atomic E-state index is -0.573. The second kappa shape index (κ2) is 10.0. The van der Waals surface area contributed by atoms with Crippen molar-refractivity contribution < 1.29 is 4.79 Å². The van der Waals surface area contributed by atoms with Crippen molar-refractivity contribution in [2.45, 2.75) is 39.7 Å². The molecule has 0 aliphatic carbocycles. The third kappa shape index (κ3) is 4.74. The van der Waals surface area contributed by atoms with E-state index in [1.807, 2.05) is 20.8 Å². The Morgan fingerprint density at radius 2 is 2.00 bits per heavy atom. The van der Waals surface area contributed by atoms with Gasteiger partial charge >= 0.3 is 5.69 Å². The lowest BCUT2D eigenvalue weighted by atomic mass is 10.0. The molecule has 156 valence electrons. The lowest BCUT2D eigenvalue weighted by molar-refractivity contribution is 0.0943. The van der Waals surface area contributed by atoms with Crippen LogP contribution in [0.3, 0.4) is 0 Å². The number of hydrogen-bond acceptors (Lipinski definition) is 5. The van der Waals surface area contributed by atoms with E-state index < -0.39 is 11.2 Å². The molecule has 0 saturated carbocycles. The molecule has 0 spiro atoms. The first kappa shape index (κ1) is 24.1. The maximum atomic E-state index is 12.8. The third-order valence-corrected chi connectivity index (χ3v) is 4.67. The number of aryl methyl sites for hydroxylation is 1. The van der Waals surface area contributed by atoms with Crippen LogP contribution in [0, 0.1) is 5.92 Å². The lowest BCUT2D eigenvalue weighted by Gasteiger charge is -2.27. The highest BCUT2D eigenvalue weighted by atomic mass is 35.5. The molecule has 1 saturated heterocycles. The van der Waals surface area contributed by atoms with Crippen LogP contribution in [-0.4, -0.2) is 40.1 Å². The van der Waals surface area contributed by atoms with E-state index in [2.05, 4.69) is 20.6 Å². The van der Waals surface area contributed by atoms with Gasteiger partial charge in [0.05, 0.1) is 10.9 Å². The van der Waals surface area contributed by atoms with Crippen molar-refractivity contribution in [1.82, 2.24) is 25.2 Å². The average Bonchev–Trinajstić information content (AvgIpc) is 2.55. The highest BCUT2D eigenvalue weighted by molar-refractivity contribution is 6.05. The van der Waals surface area contributed by atoms with Gasteiger partial charge in [-0.05, 0) is 18.4 Å². The van der Waals surface area contributed by atoms with Gasteiger partial charge in [-0.2, -0.15) is 0 Å². The molecule has 2 aromatic rings. The smallest absolute Gasteiger partial charge is 0.329 e. The monoisotopic (exact) mass is 431 g/mol. The Balaban J connectivity index is 0.00000196. The van der Waals surface area contributed by atoms with Crippen LogP contribution in [-0.2, 0) is 6.54 Å². The zero-order valence-corrected chi connectivity index (χ0v) is 17.8. The summed E-state index contributed by atoms with van der Waals surface area (Å²) >= 11 is 0. The number of rotatable bonds is 6. The van der Waals surface area contributed by atoms with Crippen LogP contribution >= 0.6 is 24.8 Å². The standard InChI is InChI=1S/C18H25N5O3.2ClH/c1-4-5-23-15-14(17(25)22-18(23)26)12(6-13(21-15)10(2)3)16(24)20-9-11-7-19-8-11;;/h6,10-11,19H,4-5,7-9H2,1-3H3,(H,20,24)(H,22,25,26);2*1H. The van der Waals surface area contributed by atoms with Gasteiger partial charge in [-0.1, -0.05) is 20.8 Å². The van der Waals surface area contributed by atoms with Crippen molar-refractivity contribution in [3.05, 3.63) is 38.2 Å². The largest absolute Gasteiger partial charge is 0.352 e. The Morgan fingerprint density at radius 3 is 2.54 bits per heavy atom. The lowest BCUT2D eigenvalue weighted by Crippen LogP contribution is -2.48. The number of halogens is 2. The molecule has 1 aliphatic rings. The molecular formula is C18H27Cl2N5O3. The number of hydrogen-bond donors (Lipinski definition) is 3. The Morgan fingerprint density at radius 1 is 1.32 bits per heavy atom. The predicted molar refractivity (Wildman–Crippen MR) is 114 cm³/mol. The van der Waals surface area contributed by atoms with Gasteiger partial charge in [0.2, 0.25) is 0 Å². The van der Waals surface area contributed by atoms with E-state index in [-0.39, 0.29) is 53.2 Å². The number of aromatic nitrogens is 3. The predicted octanol–water partition coefficient (Wildman–Crippen LogP) is 1.41. The minimum absolute atomic E-state index is 0. The first-order valence-electron chi connectivity index (χ1n) is 9.09. The van der Waals surface area contributed by atoms with E-state index in [9.17, 15) is 14.4 Å². The normalized spacial score (nSPS) is 13.6. The Labute approximate surface area is 175 Å². The fourth-order valence-corrected chi connectivity index (χ4v) is 3.02. The maximum Gasteiger partial charge on any atom is 0.329 e. The maximum absolute atomic E-state index is 12.8. The van der Waals surface area contributed by atoms with Crippen LogP contribution in [0.15, 0.2) is 15.7 Å². The van der Waals surface area contributed by atoms with Gasteiger partial charge in [0.1, 0.15) is 0 Å². The van der Waals surface area contributed by atoms with Crippen molar-refractivity contribution >= 4 is 41.8 Å². The number of carbonyl (C=O) groups is 1. The molecule has 1 amide bonds.